The van der Waals surface area contributed by atoms with E-state index in [1.165, 1.54) is 40.9 Å². The molecular weight excluding hydrogens is 893 g/mol. The van der Waals surface area contributed by atoms with E-state index in [9.17, 15) is 0 Å². The van der Waals surface area contributed by atoms with Crippen LogP contribution in [-0.2, 0) is 0 Å². The highest BCUT2D eigenvalue weighted by Gasteiger charge is 2.43. The molecule has 9 aromatic carbocycles. The summed E-state index contributed by atoms with van der Waals surface area (Å²) in [6, 6.07) is 82.9. The van der Waals surface area contributed by atoms with Crippen molar-refractivity contribution >= 4 is 116 Å². The zero-order valence-corrected chi connectivity index (χ0v) is 39.2. The fourth-order valence-electron chi connectivity index (χ4n) is 11.2. The summed E-state index contributed by atoms with van der Waals surface area (Å²) in [6.07, 6.45) is 0. The van der Waals surface area contributed by atoms with E-state index in [0.29, 0.717) is 17.5 Å². The average molecular weight is 931 g/mol. The van der Waals surface area contributed by atoms with Crippen LogP contribution < -0.4 is 20.7 Å². The van der Waals surface area contributed by atoms with Crippen molar-refractivity contribution in [3.05, 3.63) is 231 Å². The molecule has 0 unspecified atom stereocenters. The van der Waals surface area contributed by atoms with Crippen molar-refractivity contribution in [2.75, 3.05) is 0 Å². The van der Waals surface area contributed by atoms with Gasteiger partial charge in [-0.3, -0.25) is 17.9 Å². The van der Waals surface area contributed by atoms with E-state index in [-0.39, 0.29) is 0 Å². The summed E-state index contributed by atoms with van der Waals surface area (Å²) in [5, 5.41) is 7.90. The Morgan fingerprint density at radius 1 is 0.357 bits per heavy atom. The molecule has 0 N–H and O–H groups in total. The lowest BCUT2D eigenvalue weighted by molar-refractivity contribution is 0.970. The van der Waals surface area contributed by atoms with Crippen molar-refractivity contribution in [1.82, 2.24) is 37.9 Å². The minimum Gasteiger partial charge on any atom is -0.276 e. The minimum absolute atomic E-state index is 0.594. The maximum atomic E-state index is 5.53. The van der Waals surface area contributed by atoms with Crippen LogP contribution in [0.3, 0.4) is 0 Å². The molecule has 328 valence electrons. The Bertz CT molecular complexity index is 4340. The predicted molar refractivity (Wildman–Crippen MR) is 290 cm³/mol. The minimum atomic E-state index is -2.98. The summed E-state index contributed by atoms with van der Waals surface area (Å²) in [7, 11) is -2.98. The Balaban J connectivity index is 1.00. The number of hydrogen-bond acceptors (Lipinski definition) is 5. The topological polar surface area (TPSA) is 70.2 Å². The van der Waals surface area contributed by atoms with Gasteiger partial charge in [-0.1, -0.05) is 170 Å². The lowest BCUT2D eigenvalue weighted by Crippen LogP contribution is -2.74. The molecule has 0 amide bonds. The molecule has 70 heavy (non-hydrogen) atoms. The lowest BCUT2D eigenvalue weighted by Gasteiger charge is -2.35. The molecule has 10 heteroatoms. The number of fused-ring (bicyclic) bond motifs is 13. The van der Waals surface area contributed by atoms with E-state index < -0.39 is 8.07 Å². The highest BCUT2D eigenvalue weighted by molar-refractivity contribution is 7.30. The third-order valence-electron chi connectivity index (χ3n) is 14.2. The van der Waals surface area contributed by atoms with Gasteiger partial charge < -0.3 is 0 Å². The van der Waals surface area contributed by atoms with Gasteiger partial charge in [0.15, 0.2) is 13.9 Å². The zero-order chi connectivity index (χ0) is 45.9. The first-order valence-electron chi connectivity index (χ1n) is 23.5. The molecule has 0 fully saturated rings. The average Bonchev–Trinajstić information content (AvgIpc) is 4.24. The highest BCUT2D eigenvalue weighted by atomic mass is 32.1. The number of nitrogens with zero attached hydrogens (tertiary/aromatic N) is 8. The van der Waals surface area contributed by atoms with E-state index >= 15 is 0 Å². The SMILES string of the molecule is c1ccc([Si](c2ccccc2)(c2ccc(-c3nc(-n4c5ccccc5n5c6ccccc6nc45)cc(-n4c5ccccc5n5c6ccccc6nc45)n3)cc2)c2cccc3c2sc2ccccc23)cc1. The van der Waals surface area contributed by atoms with Gasteiger partial charge in [0.25, 0.3) is 0 Å². The number of rotatable bonds is 7. The summed E-state index contributed by atoms with van der Waals surface area (Å²) >= 11 is 1.90. The Kier molecular flexibility index (Phi) is 8.38. The van der Waals surface area contributed by atoms with Crippen LogP contribution in [0.5, 0.6) is 0 Å². The van der Waals surface area contributed by atoms with Crippen molar-refractivity contribution in [2.24, 2.45) is 0 Å². The van der Waals surface area contributed by atoms with Crippen molar-refractivity contribution < 1.29 is 0 Å². The predicted octanol–water partition coefficient (Wildman–Crippen LogP) is 11.4. The highest BCUT2D eigenvalue weighted by Crippen LogP contribution is 2.36. The molecular formula is C60H38N8SSi. The van der Waals surface area contributed by atoms with Crippen LogP contribution in [0.4, 0.5) is 0 Å². The zero-order valence-electron chi connectivity index (χ0n) is 37.4. The van der Waals surface area contributed by atoms with Crippen LogP contribution in [0.15, 0.2) is 231 Å². The van der Waals surface area contributed by atoms with E-state index in [2.05, 4.69) is 236 Å². The van der Waals surface area contributed by atoms with E-state index in [4.69, 9.17) is 19.9 Å². The molecule has 15 aromatic rings. The van der Waals surface area contributed by atoms with Gasteiger partial charge in [0.1, 0.15) is 11.6 Å². The third-order valence-corrected chi connectivity index (χ3v) is 20.4. The van der Waals surface area contributed by atoms with Crippen molar-refractivity contribution in [3.8, 4) is 23.0 Å². The first kappa shape index (κ1) is 39.1. The maximum Gasteiger partial charge on any atom is 0.221 e. The fraction of sp³-hybridized carbons (Fsp3) is 0. The molecule has 0 radical (unpaired) electrons. The van der Waals surface area contributed by atoms with Crippen LogP contribution >= 0.6 is 11.3 Å². The van der Waals surface area contributed by atoms with Crippen molar-refractivity contribution in [2.45, 2.75) is 0 Å². The molecule has 8 nitrogen and oxygen atoms in total. The number of aromatic nitrogens is 8. The number of imidazole rings is 4. The fourth-order valence-corrected chi connectivity index (χ4v) is 17.7. The van der Waals surface area contributed by atoms with Crippen molar-refractivity contribution in [1.29, 1.82) is 0 Å². The number of benzene rings is 9. The van der Waals surface area contributed by atoms with Gasteiger partial charge in [-0.15, -0.1) is 11.3 Å². The molecule has 0 aliphatic heterocycles. The van der Waals surface area contributed by atoms with Gasteiger partial charge in [0.05, 0.1) is 44.1 Å². The van der Waals surface area contributed by atoms with Gasteiger partial charge in [-0.05, 0) is 75.3 Å². The standard InChI is InChI=1S/C60H38N8SSi/c1-3-18-40(19-4-1)70(41-20-5-2-6-21-41,54-33-17-23-44-43-22-7-16-32-53(43)69-57(44)54)42-36-34-39(35-37-42)58-63-55(67-51-30-14-12-28-49(51)65-47-26-10-8-24-45(47)61-59(65)67)38-56(64-58)68-52-31-15-13-29-50(52)66-48-27-11-9-25-46(48)62-60(66)68/h1-38H. The number of para-hydroxylation sites is 8. The van der Waals surface area contributed by atoms with E-state index in [0.717, 1.165) is 61.3 Å². The normalized spacial score (nSPS) is 12.3. The van der Waals surface area contributed by atoms with Gasteiger partial charge in [0.2, 0.25) is 11.6 Å². The number of thiophene rings is 1. The third kappa shape index (κ3) is 5.51. The van der Waals surface area contributed by atoms with Crippen LogP contribution in [-0.4, -0.2) is 45.9 Å². The van der Waals surface area contributed by atoms with E-state index in [1.54, 1.807) is 0 Å². The Labute approximate surface area is 405 Å². The molecule has 0 bridgehead atoms. The summed E-state index contributed by atoms with van der Waals surface area (Å²) < 4.78 is 11.5. The summed E-state index contributed by atoms with van der Waals surface area (Å²) in [5.74, 6) is 3.55. The van der Waals surface area contributed by atoms with Gasteiger partial charge in [-0.25, -0.2) is 19.9 Å². The first-order valence-corrected chi connectivity index (χ1v) is 26.3. The van der Waals surface area contributed by atoms with E-state index in [1.807, 2.05) is 23.5 Å². The van der Waals surface area contributed by atoms with Crippen molar-refractivity contribution in [3.63, 3.8) is 0 Å². The molecule has 0 aliphatic rings. The first-order chi connectivity index (χ1) is 34.7. The summed E-state index contributed by atoms with van der Waals surface area (Å²) in [4.78, 5) is 21.6. The molecule has 6 heterocycles. The van der Waals surface area contributed by atoms with Gasteiger partial charge in [-0.2, -0.15) is 0 Å². The molecule has 0 saturated heterocycles. The monoisotopic (exact) mass is 930 g/mol. The lowest BCUT2D eigenvalue weighted by atomic mass is 10.1. The largest absolute Gasteiger partial charge is 0.276 e. The molecule has 0 atom stereocenters. The second-order valence-corrected chi connectivity index (χ2v) is 22.7. The quantitative estimate of drug-likeness (QED) is 0.118. The smallest absolute Gasteiger partial charge is 0.221 e. The van der Waals surface area contributed by atoms with Crippen LogP contribution in [0.1, 0.15) is 0 Å². The molecule has 15 rings (SSSR count). The molecule has 0 saturated carbocycles. The second-order valence-electron chi connectivity index (χ2n) is 17.9. The Morgan fingerprint density at radius 2 is 0.814 bits per heavy atom. The maximum absolute atomic E-state index is 5.53. The summed E-state index contributed by atoms with van der Waals surface area (Å²) in [6.45, 7) is 0. The summed E-state index contributed by atoms with van der Waals surface area (Å²) in [5.41, 5.74) is 8.88. The second kappa shape index (κ2) is 15.0. The molecule has 6 aromatic heterocycles. The van der Waals surface area contributed by atoms with Crippen LogP contribution in [0.25, 0.3) is 98.9 Å². The number of hydrogen-bond donors (Lipinski definition) is 0. The Morgan fingerprint density at radius 3 is 1.39 bits per heavy atom. The van der Waals surface area contributed by atoms with Crippen LogP contribution in [0.2, 0.25) is 0 Å². The van der Waals surface area contributed by atoms with Gasteiger partial charge in [0, 0.05) is 31.8 Å². The molecule has 0 spiro atoms. The van der Waals surface area contributed by atoms with Gasteiger partial charge >= 0.3 is 0 Å². The Hall–Kier alpha value is -8.96. The van der Waals surface area contributed by atoms with Crippen LogP contribution in [0, 0.1) is 0 Å². The molecule has 0 aliphatic carbocycles.